The average Bonchev–Trinajstić information content (AvgIpc) is 2.75. The largest absolute Gasteiger partial charge is 0.490 e. The lowest BCUT2D eigenvalue weighted by Crippen LogP contribution is -2.32. The van der Waals surface area contributed by atoms with Gasteiger partial charge in [-0.15, -0.1) is 0 Å². The zero-order valence-corrected chi connectivity index (χ0v) is 18.5. The van der Waals surface area contributed by atoms with Crippen molar-refractivity contribution in [1.82, 2.24) is 15.0 Å². The van der Waals surface area contributed by atoms with Gasteiger partial charge in [0.2, 0.25) is 5.95 Å². The van der Waals surface area contributed by atoms with Gasteiger partial charge in [0.1, 0.15) is 11.3 Å². The van der Waals surface area contributed by atoms with E-state index in [1.54, 1.807) is 13.1 Å². The van der Waals surface area contributed by atoms with Crippen molar-refractivity contribution < 1.29 is 14.6 Å². The lowest BCUT2D eigenvalue weighted by atomic mass is 9.93. The number of aromatic nitrogens is 3. The molecule has 8 heteroatoms. The molecule has 1 fully saturated rings. The van der Waals surface area contributed by atoms with Crippen molar-refractivity contribution >= 4 is 28.5 Å². The number of nitrogens with zero attached hydrogens (tertiary/aromatic N) is 3. The Kier molecular flexibility index (Phi) is 6.39. The van der Waals surface area contributed by atoms with E-state index >= 15 is 0 Å². The summed E-state index contributed by atoms with van der Waals surface area (Å²) in [4.78, 5) is 25.0. The number of hydrogen-bond donors (Lipinski definition) is 3. The van der Waals surface area contributed by atoms with Gasteiger partial charge in [0.05, 0.1) is 28.4 Å². The van der Waals surface area contributed by atoms with Crippen LogP contribution in [-0.2, 0) is 6.42 Å². The number of anilines is 2. The summed E-state index contributed by atoms with van der Waals surface area (Å²) in [6, 6.07) is 7.77. The average molecular weight is 436 g/mol. The van der Waals surface area contributed by atoms with Crippen LogP contribution in [0.25, 0.3) is 10.9 Å². The third-order valence-electron chi connectivity index (χ3n) is 5.93. The number of pyridine rings is 1. The highest BCUT2D eigenvalue weighted by Gasteiger charge is 2.25. The van der Waals surface area contributed by atoms with E-state index < -0.39 is 5.97 Å². The lowest BCUT2D eigenvalue weighted by Gasteiger charge is -2.30. The molecule has 0 saturated heterocycles. The maximum absolute atomic E-state index is 11.7. The van der Waals surface area contributed by atoms with E-state index in [9.17, 15) is 9.90 Å². The van der Waals surface area contributed by atoms with Crippen LogP contribution in [0.15, 0.2) is 30.5 Å². The number of aromatic carboxylic acids is 1. The van der Waals surface area contributed by atoms with Gasteiger partial charge in [-0.3, -0.25) is 4.98 Å². The first-order chi connectivity index (χ1) is 15.5. The molecule has 8 nitrogen and oxygen atoms in total. The summed E-state index contributed by atoms with van der Waals surface area (Å²) in [5.41, 5.74) is 8.58. The van der Waals surface area contributed by atoms with Crippen molar-refractivity contribution in [2.24, 2.45) is 0 Å². The van der Waals surface area contributed by atoms with Crippen LogP contribution in [0.4, 0.5) is 11.6 Å². The fourth-order valence-electron chi connectivity index (χ4n) is 4.36. The molecule has 168 valence electrons. The number of carbonyl (C=O) groups is 1. The Labute approximate surface area is 187 Å². The second-order valence-corrected chi connectivity index (χ2v) is 8.30. The number of aryl methyl sites for hydroxylation is 2. The van der Waals surface area contributed by atoms with Crippen LogP contribution in [0.1, 0.15) is 60.8 Å². The van der Waals surface area contributed by atoms with E-state index in [0.717, 1.165) is 44.2 Å². The number of carboxylic acid groups (broad SMARTS) is 1. The number of nitrogen functional groups attached to an aromatic ring is 1. The van der Waals surface area contributed by atoms with Crippen molar-refractivity contribution in [3.63, 3.8) is 0 Å². The molecule has 0 atom stereocenters. The fraction of sp³-hybridized carbons (Fsp3) is 0.417. The molecule has 0 spiro atoms. The number of benzene rings is 1. The maximum Gasteiger partial charge on any atom is 0.339 e. The maximum atomic E-state index is 11.7. The topological polar surface area (TPSA) is 123 Å². The Morgan fingerprint density at radius 3 is 2.72 bits per heavy atom. The Bertz CT molecular complexity index is 1130. The third kappa shape index (κ3) is 4.59. The summed E-state index contributed by atoms with van der Waals surface area (Å²) >= 11 is 0. The SMILES string of the molecule is CCCc1ccnc(NC2CCC(Oc3cccc4nc(C)c(C(=O)O)c(N)c34)CC2)n1. The molecule has 1 aromatic carbocycles. The summed E-state index contributed by atoms with van der Waals surface area (Å²) in [5, 5.41) is 13.6. The molecule has 1 aliphatic rings. The van der Waals surface area contributed by atoms with Crippen LogP contribution in [0.5, 0.6) is 5.75 Å². The number of fused-ring (bicyclic) bond motifs is 1. The second kappa shape index (κ2) is 9.38. The minimum absolute atomic E-state index is 0.0278. The Morgan fingerprint density at radius 1 is 1.22 bits per heavy atom. The molecule has 32 heavy (non-hydrogen) atoms. The smallest absolute Gasteiger partial charge is 0.339 e. The summed E-state index contributed by atoms with van der Waals surface area (Å²) in [6.07, 6.45) is 7.45. The number of carboxylic acids is 1. The molecular weight excluding hydrogens is 406 g/mol. The van der Waals surface area contributed by atoms with Gasteiger partial charge in [-0.2, -0.15) is 0 Å². The second-order valence-electron chi connectivity index (χ2n) is 8.30. The van der Waals surface area contributed by atoms with Crippen LogP contribution < -0.4 is 15.8 Å². The van der Waals surface area contributed by atoms with E-state index in [0.29, 0.717) is 34.3 Å². The molecule has 1 saturated carbocycles. The summed E-state index contributed by atoms with van der Waals surface area (Å²) in [6.45, 7) is 3.79. The zero-order chi connectivity index (χ0) is 22.7. The predicted molar refractivity (Wildman–Crippen MR) is 124 cm³/mol. The fourth-order valence-corrected chi connectivity index (χ4v) is 4.36. The first-order valence-corrected chi connectivity index (χ1v) is 11.1. The van der Waals surface area contributed by atoms with Crippen LogP contribution in [-0.4, -0.2) is 38.2 Å². The number of hydrogen-bond acceptors (Lipinski definition) is 7. The van der Waals surface area contributed by atoms with Crippen molar-refractivity contribution in [3.8, 4) is 5.75 Å². The number of ether oxygens (including phenoxy) is 1. The zero-order valence-electron chi connectivity index (χ0n) is 18.5. The first-order valence-electron chi connectivity index (χ1n) is 11.1. The van der Waals surface area contributed by atoms with E-state index in [-0.39, 0.29) is 17.4 Å². The Morgan fingerprint density at radius 2 is 2.00 bits per heavy atom. The van der Waals surface area contributed by atoms with Crippen molar-refractivity contribution in [1.29, 1.82) is 0 Å². The van der Waals surface area contributed by atoms with Crippen LogP contribution in [0.2, 0.25) is 0 Å². The van der Waals surface area contributed by atoms with Gasteiger partial charge >= 0.3 is 5.97 Å². The molecule has 0 unspecified atom stereocenters. The van der Waals surface area contributed by atoms with Gasteiger partial charge in [-0.25, -0.2) is 14.8 Å². The molecule has 0 radical (unpaired) electrons. The molecular formula is C24H29N5O3. The number of nitrogens with two attached hydrogens (primary N) is 1. The van der Waals surface area contributed by atoms with Crippen molar-refractivity contribution in [3.05, 3.63) is 47.4 Å². The quantitative estimate of drug-likeness (QED) is 0.500. The van der Waals surface area contributed by atoms with Gasteiger partial charge in [0.25, 0.3) is 0 Å². The van der Waals surface area contributed by atoms with E-state index in [1.807, 2.05) is 24.3 Å². The number of nitrogens with one attached hydrogen (secondary N) is 1. The molecule has 0 aliphatic heterocycles. The molecule has 0 amide bonds. The highest BCUT2D eigenvalue weighted by Crippen LogP contribution is 2.35. The van der Waals surface area contributed by atoms with Gasteiger partial charge in [-0.1, -0.05) is 19.4 Å². The molecule has 4 N–H and O–H groups in total. The molecule has 4 rings (SSSR count). The minimum atomic E-state index is -1.08. The molecule has 2 aromatic heterocycles. The van der Waals surface area contributed by atoms with Crippen molar-refractivity contribution in [2.75, 3.05) is 11.1 Å². The van der Waals surface area contributed by atoms with Crippen molar-refractivity contribution in [2.45, 2.75) is 64.5 Å². The van der Waals surface area contributed by atoms with Gasteiger partial charge in [0.15, 0.2) is 0 Å². The third-order valence-corrected chi connectivity index (χ3v) is 5.93. The van der Waals surface area contributed by atoms with E-state index in [1.165, 1.54) is 0 Å². The summed E-state index contributed by atoms with van der Waals surface area (Å²) in [7, 11) is 0. The standard InChI is InChI=1S/C24H29N5O3/c1-3-5-15-12-13-26-24(28-15)29-16-8-10-17(11-9-16)32-19-7-4-6-18-21(19)22(25)20(23(30)31)14(2)27-18/h4,6-7,12-13,16-17H,3,5,8-11H2,1-2H3,(H2,25,27)(H,30,31)(H,26,28,29). The van der Waals surface area contributed by atoms with Crippen LogP contribution >= 0.6 is 0 Å². The monoisotopic (exact) mass is 435 g/mol. The molecule has 3 aromatic rings. The first kappa shape index (κ1) is 21.8. The summed E-state index contributed by atoms with van der Waals surface area (Å²) in [5.74, 6) is 0.188. The highest BCUT2D eigenvalue weighted by molar-refractivity contribution is 6.06. The molecule has 0 bridgehead atoms. The van der Waals surface area contributed by atoms with Gasteiger partial charge in [-0.05, 0) is 57.2 Å². The van der Waals surface area contributed by atoms with Gasteiger partial charge < -0.3 is 20.9 Å². The normalized spacial score (nSPS) is 18.4. The van der Waals surface area contributed by atoms with E-state index in [4.69, 9.17) is 10.5 Å². The van der Waals surface area contributed by atoms with Crippen LogP contribution in [0, 0.1) is 6.92 Å². The minimum Gasteiger partial charge on any atom is -0.490 e. The Hall–Kier alpha value is -3.42. The molecule has 1 aliphatic carbocycles. The Balaban J connectivity index is 1.45. The van der Waals surface area contributed by atoms with Gasteiger partial charge in [0, 0.05) is 17.9 Å². The van der Waals surface area contributed by atoms with Crippen LogP contribution in [0.3, 0.4) is 0 Å². The predicted octanol–water partition coefficient (Wildman–Crippen LogP) is 4.37. The van der Waals surface area contributed by atoms with E-state index in [2.05, 4.69) is 27.2 Å². The molecule has 2 heterocycles. The highest BCUT2D eigenvalue weighted by atomic mass is 16.5. The summed E-state index contributed by atoms with van der Waals surface area (Å²) < 4.78 is 6.30. The lowest BCUT2D eigenvalue weighted by molar-refractivity contribution is 0.0697. The number of rotatable bonds is 7.